The highest BCUT2D eigenvalue weighted by molar-refractivity contribution is 4.94. The van der Waals surface area contributed by atoms with E-state index in [9.17, 15) is 0 Å². The molecule has 0 saturated carbocycles. The van der Waals surface area contributed by atoms with E-state index in [2.05, 4.69) is 24.0 Å². The molecule has 5 heteroatoms. The van der Waals surface area contributed by atoms with Crippen molar-refractivity contribution in [2.45, 2.75) is 40.5 Å². The second kappa shape index (κ2) is 5.82. The van der Waals surface area contributed by atoms with E-state index in [0.29, 0.717) is 25.0 Å². The predicted octanol–water partition coefficient (Wildman–Crippen LogP) is 0.963. The Hall–Kier alpha value is -0.940. The lowest BCUT2D eigenvalue weighted by atomic mass is 10.2. The van der Waals surface area contributed by atoms with Gasteiger partial charge in [-0.15, -0.1) is 10.2 Å². The Morgan fingerprint density at radius 3 is 2.53 bits per heavy atom. The smallest absolute Gasteiger partial charge is 0.159 e. The summed E-state index contributed by atoms with van der Waals surface area (Å²) in [6, 6.07) is 0. The van der Waals surface area contributed by atoms with Crippen molar-refractivity contribution in [1.82, 2.24) is 14.8 Å². The molecule has 0 amide bonds. The van der Waals surface area contributed by atoms with Gasteiger partial charge in [0.2, 0.25) is 0 Å². The standard InChI is InChI=1S/C10H19N3O2/c1-4-15-7-10-12-11-9(6-14)13(10)5-8(2)3/h8,14H,4-7H2,1-3H3. The SMILES string of the molecule is CCOCc1nnc(CO)n1CC(C)C. The molecular formula is C10H19N3O2. The number of aromatic nitrogens is 3. The molecule has 0 radical (unpaired) electrons. The molecule has 0 bridgehead atoms. The van der Waals surface area contributed by atoms with Crippen molar-refractivity contribution in [1.29, 1.82) is 0 Å². The lowest BCUT2D eigenvalue weighted by molar-refractivity contribution is 0.124. The van der Waals surface area contributed by atoms with Crippen molar-refractivity contribution >= 4 is 0 Å². The zero-order chi connectivity index (χ0) is 11.3. The molecule has 0 spiro atoms. The van der Waals surface area contributed by atoms with Crippen LogP contribution in [0.15, 0.2) is 0 Å². The summed E-state index contributed by atoms with van der Waals surface area (Å²) in [5.74, 6) is 1.89. The predicted molar refractivity (Wildman–Crippen MR) is 56.1 cm³/mol. The molecule has 0 aliphatic rings. The van der Waals surface area contributed by atoms with Crippen molar-refractivity contribution in [2.24, 2.45) is 5.92 Å². The lowest BCUT2D eigenvalue weighted by Gasteiger charge is -2.11. The highest BCUT2D eigenvalue weighted by Crippen LogP contribution is 2.08. The molecule has 0 fully saturated rings. The van der Waals surface area contributed by atoms with Crippen LogP contribution in [0.1, 0.15) is 32.4 Å². The van der Waals surface area contributed by atoms with Gasteiger partial charge in [-0.2, -0.15) is 0 Å². The molecule has 1 rings (SSSR count). The molecule has 1 heterocycles. The minimum atomic E-state index is -0.0775. The van der Waals surface area contributed by atoms with E-state index in [4.69, 9.17) is 9.84 Å². The number of nitrogens with zero attached hydrogens (tertiary/aromatic N) is 3. The second-order valence-electron chi connectivity index (χ2n) is 3.83. The fourth-order valence-corrected chi connectivity index (χ4v) is 1.37. The Morgan fingerprint density at radius 2 is 2.00 bits per heavy atom. The first kappa shape index (κ1) is 12.1. The largest absolute Gasteiger partial charge is 0.388 e. The lowest BCUT2D eigenvalue weighted by Crippen LogP contribution is -2.13. The van der Waals surface area contributed by atoms with E-state index in [0.717, 1.165) is 12.4 Å². The van der Waals surface area contributed by atoms with E-state index in [1.54, 1.807) is 0 Å². The van der Waals surface area contributed by atoms with Crippen LogP contribution >= 0.6 is 0 Å². The quantitative estimate of drug-likeness (QED) is 0.764. The molecule has 0 unspecified atom stereocenters. The summed E-state index contributed by atoms with van der Waals surface area (Å²) >= 11 is 0. The van der Waals surface area contributed by atoms with Gasteiger partial charge in [0.1, 0.15) is 13.2 Å². The number of ether oxygens (including phenoxy) is 1. The van der Waals surface area contributed by atoms with Crippen LogP contribution < -0.4 is 0 Å². The van der Waals surface area contributed by atoms with Gasteiger partial charge in [-0.1, -0.05) is 13.8 Å². The van der Waals surface area contributed by atoms with Gasteiger partial charge >= 0.3 is 0 Å². The number of aliphatic hydroxyl groups is 1. The van der Waals surface area contributed by atoms with E-state index < -0.39 is 0 Å². The van der Waals surface area contributed by atoms with Gasteiger partial charge in [-0.05, 0) is 12.8 Å². The van der Waals surface area contributed by atoms with Crippen LogP contribution in [-0.4, -0.2) is 26.5 Å². The van der Waals surface area contributed by atoms with Crippen LogP contribution in [0.4, 0.5) is 0 Å². The van der Waals surface area contributed by atoms with Crippen molar-refractivity contribution in [2.75, 3.05) is 6.61 Å². The molecule has 15 heavy (non-hydrogen) atoms. The fraction of sp³-hybridized carbons (Fsp3) is 0.800. The molecule has 0 aliphatic carbocycles. The van der Waals surface area contributed by atoms with Gasteiger partial charge in [-0.25, -0.2) is 0 Å². The monoisotopic (exact) mass is 213 g/mol. The average molecular weight is 213 g/mol. The van der Waals surface area contributed by atoms with Crippen molar-refractivity contribution in [3.63, 3.8) is 0 Å². The van der Waals surface area contributed by atoms with Crippen LogP contribution in [0.2, 0.25) is 0 Å². The maximum absolute atomic E-state index is 9.11. The second-order valence-corrected chi connectivity index (χ2v) is 3.83. The minimum Gasteiger partial charge on any atom is -0.388 e. The van der Waals surface area contributed by atoms with Gasteiger partial charge in [0.05, 0.1) is 0 Å². The van der Waals surface area contributed by atoms with Gasteiger partial charge in [0.15, 0.2) is 11.6 Å². The highest BCUT2D eigenvalue weighted by atomic mass is 16.5. The maximum atomic E-state index is 9.11. The molecule has 1 N–H and O–H groups in total. The molecular weight excluding hydrogens is 194 g/mol. The van der Waals surface area contributed by atoms with Crippen LogP contribution in [0.3, 0.4) is 0 Å². The number of hydrogen-bond acceptors (Lipinski definition) is 4. The highest BCUT2D eigenvalue weighted by Gasteiger charge is 2.11. The van der Waals surface area contributed by atoms with E-state index in [1.165, 1.54) is 0 Å². The molecule has 86 valence electrons. The Labute approximate surface area is 90.1 Å². The maximum Gasteiger partial charge on any atom is 0.159 e. The minimum absolute atomic E-state index is 0.0775. The van der Waals surface area contributed by atoms with Gasteiger partial charge in [0, 0.05) is 13.2 Å². The van der Waals surface area contributed by atoms with Crippen molar-refractivity contribution in [3.8, 4) is 0 Å². The molecule has 0 saturated heterocycles. The van der Waals surface area contributed by atoms with Crippen LogP contribution in [-0.2, 0) is 24.5 Å². The first-order valence-corrected chi connectivity index (χ1v) is 5.28. The van der Waals surface area contributed by atoms with Crippen molar-refractivity contribution in [3.05, 3.63) is 11.6 Å². The first-order chi connectivity index (χ1) is 7.19. The summed E-state index contributed by atoms with van der Waals surface area (Å²) in [7, 11) is 0. The van der Waals surface area contributed by atoms with Crippen LogP contribution in [0.25, 0.3) is 0 Å². The topological polar surface area (TPSA) is 60.2 Å². The zero-order valence-electron chi connectivity index (χ0n) is 9.60. The Balaban J connectivity index is 2.80. The third-order valence-corrected chi connectivity index (χ3v) is 2.03. The fourth-order valence-electron chi connectivity index (χ4n) is 1.37. The molecule has 0 aromatic carbocycles. The first-order valence-electron chi connectivity index (χ1n) is 5.28. The van der Waals surface area contributed by atoms with Gasteiger partial charge in [-0.3, -0.25) is 0 Å². The number of aliphatic hydroxyl groups excluding tert-OH is 1. The normalized spacial score (nSPS) is 11.3. The summed E-state index contributed by atoms with van der Waals surface area (Å²) < 4.78 is 7.23. The Bertz CT molecular complexity index is 297. The summed E-state index contributed by atoms with van der Waals surface area (Å²) in [6.45, 7) is 8.02. The summed E-state index contributed by atoms with van der Waals surface area (Å²) in [5, 5.41) is 17.0. The Morgan fingerprint density at radius 1 is 1.33 bits per heavy atom. The number of hydrogen-bond donors (Lipinski definition) is 1. The van der Waals surface area contributed by atoms with Gasteiger partial charge in [0.25, 0.3) is 0 Å². The van der Waals surface area contributed by atoms with E-state index in [-0.39, 0.29) is 6.61 Å². The van der Waals surface area contributed by atoms with E-state index >= 15 is 0 Å². The van der Waals surface area contributed by atoms with Crippen LogP contribution in [0.5, 0.6) is 0 Å². The summed E-state index contributed by atoms with van der Waals surface area (Å²) in [4.78, 5) is 0. The molecule has 5 nitrogen and oxygen atoms in total. The molecule has 1 aromatic rings. The zero-order valence-corrected chi connectivity index (χ0v) is 9.60. The number of rotatable bonds is 6. The third kappa shape index (κ3) is 3.28. The molecule has 0 aliphatic heterocycles. The van der Waals surface area contributed by atoms with Crippen LogP contribution in [0, 0.1) is 5.92 Å². The Kier molecular flexibility index (Phi) is 4.71. The molecule has 1 aromatic heterocycles. The van der Waals surface area contributed by atoms with E-state index in [1.807, 2.05) is 11.5 Å². The van der Waals surface area contributed by atoms with Crippen molar-refractivity contribution < 1.29 is 9.84 Å². The third-order valence-electron chi connectivity index (χ3n) is 2.03. The summed E-state index contributed by atoms with van der Waals surface area (Å²) in [6.07, 6.45) is 0. The summed E-state index contributed by atoms with van der Waals surface area (Å²) in [5.41, 5.74) is 0. The van der Waals surface area contributed by atoms with Gasteiger partial charge < -0.3 is 14.4 Å². The average Bonchev–Trinajstić information content (AvgIpc) is 2.57. The molecule has 0 atom stereocenters.